The van der Waals surface area contributed by atoms with Crippen molar-refractivity contribution in [1.82, 2.24) is 0 Å². The SMILES string of the molecule is NCCP(=O)(OCc1ccccc1)OCc1ccccc1.O=C(O)C(=O)O. The summed E-state index contributed by atoms with van der Waals surface area (Å²) in [6, 6.07) is 19.2. The van der Waals surface area contributed by atoms with E-state index in [2.05, 4.69) is 0 Å². The fourth-order valence-corrected chi connectivity index (χ4v) is 3.16. The molecule has 0 aliphatic rings. The molecule has 146 valence electrons. The molecule has 2 rings (SSSR count). The van der Waals surface area contributed by atoms with Crippen LogP contribution in [0.2, 0.25) is 0 Å². The van der Waals surface area contributed by atoms with Gasteiger partial charge in [-0.15, -0.1) is 0 Å². The number of aliphatic carboxylic acids is 2. The predicted octanol–water partition coefficient (Wildman–Crippen LogP) is 2.73. The second kappa shape index (κ2) is 12.0. The summed E-state index contributed by atoms with van der Waals surface area (Å²) in [4.78, 5) is 18.2. The highest BCUT2D eigenvalue weighted by Crippen LogP contribution is 2.49. The third-order valence-electron chi connectivity index (χ3n) is 3.13. The molecule has 0 aliphatic carbocycles. The fraction of sp³-hybridized carbons (Fsp3) is 0.222. The van der Waals surface area contributed by atoms with Gasteiger partial charge in [-0.1, -0.05) is 60.7 Å². The largest absolute Gasteiger partial charge is 0.473 e. The van der Waals surface area contributed by atoms with Gasteiger partial charge < -0.3 is 25.0 Å². The molecule has 2 aromatic rings. The van der Waals surface area contributed by atoms with E-state index in [0.29, 0.717) is 0 Å². The van der Waals surface area contributed by atoms with Crippen LogP contribution in [0.25, 0.3) is 0 Å². The number of hydrogen-bond donors (Lipinski definition) is 3. The van der Waals surface area contributed by atoms with Gasteiger partial charge in [-0.05, 0) is 11.1 Å². The Balaban J connectivity index is 0.000000527. The third-order valence-corrected chi connectivity index (χ3v) is 4.98. The number of nitrogens with two attached hydrogens (primary N) is 1. The van der Waals surface area contributed by atoms with E-state index in [1.54, 1.807) is 0 Å². The van der Waals surface area contributed by atoms with Crippen LogP contribution in [0.15, 0.2) is 60.7 Å². The molecule has 0 saturated carbocycles. The molecule has 0 saturated heterocycles. The Morgan fingerprint density at radius 1 is 0.815 bits per heavy atom. The third kappa shape index (κ3) is 9.67. The molecule has 0 atom stereocenters. The van der Waals surface area contributed by atoms with E-state index >= 15 is 0 Å². The molecule has 27 heavy (non-hydrogen) atoms. The van der Waals surface area contributed by atoms with Crippen molar-refractivity contribution in [3.05, 3.63) is 71.8 Å². The van der Waals surface area contributed by atoms with E-state index in [0.717, 1.165) is 11.1 Å². The zero-order valence-electron chi connectivity index (χ0n) is 14.6. The van der Waals surface area contributed by atoms with Crippen molar-refractivity contribution >= 4 is 19.5 Å². The Morgan fingerprint density at radius 2 is 1.19 bits per heavy atom. The molecule has 9 heteroatoms. The van der Waals surface area contributed by atoms with Gasteiger partial charge in [0.15, 0.2) is 0 Å². The number of rotatable bonds is 8. The monoisotopic (exact) mass is 395 g/mol. The maximum Gasteiger partial charge on any atom is 0.414 e. The molecule has 0 bridgehead atoms. The fourth-order valence-electron chi connectivity index (χ4n) is 1.82. The summed E-state index contributed by atoms with van der Waals surface area (Å²) in [6.45, 7) is 0.778. The molecule has 0 aromatic heterocycles. The van der Waals surface area contributed by atoms with Gasteiger partial charge in [0.05, 0.1) is 19.4 Å². The van der Waals surface area contributed by atoms with Gasteiger partial charge in [0, 0.05) is 6.54 Å². The smallest absolute Gasteiger partial charge is 0.414 e. The van der Waals surface area contributed by atoms with E-state index in [-0.39, 0.29) is 25.9 Å². The van der Waals surface area contributed by atoms with E-state index in [1.807, 2.05) is 60.7 Å². The van der Waals surface area contributed by atoms with Gasteiger partial charge in [-0.3, -0.25) is 4.57 Å². The molecule has 4 N–H and O–H groups in total. The van der Waals surface area contributed by atoms with Crippen LogP contribution in [0.3, 0.4) is 0 Å². The lowest BCUT2D eigenvalue weighted by Gasteiger charge is -2.18. The average molecular weight is 395 g/mol. The molecular weight excluding hydrogens is 373 g/mol. The predicted molar refractivity (Wildman–Crippen MR) is 99.3 cm³/mol. The summed E-state index contributed by atoms with van der Waals surface area (Å²) in [6.07, 6.45) is 0.215. The first-order valence-electron chi connectivity index (χ1n) is 7.98. The van der Waals surface area contributed by atoms with Crippen LogP contribution in [-0.4, -0.2) is 34.9 Å². The summed E-state index contributed by atoms with van der Waals surface area (Å²) < 4.78 is 23.7. The summed E-state index contributed by atoms with van der Waals surface area (Å²) in [5, 5.41) is 14.8. The molecule has 0 amide bonds. The topological polar surface area (TPSA) is 136 Å². The summed E-state index contributed by atoms with van der Waals surface area (Å²) >= 11 is 0. The van der Waals surface area contributed by atoms with E-state index in [1.165, 1.54) is 0 Å². The second-order valence-corrected chi connectivity index (χ2v) is 7.44. The maximum atomic E-state index is 12.6. The normalized spacial score (nSPS) is 10.6. The molecule has 8 nitrogen and oxygen atoms in total. The van der Waals surface area contributed by atoms with Crippen molar-refractivity contribution < 1.29 is 33.4 Å². The van der Waals surface area contributed by atoms with Crippen molar-refractivity contribution in [3.63, 3.8) is 0 Å². The van der Waals surface area contributed by atoms with Gasteiger partial charge >= 0.3 is 19.5 Å². The minimum Gasteiger partial charge on any atom is -0.473 e. The standard InChI is InChI=1S/C16H20NO3P.C2H2O4/c17-11-12-21(18,19-13-15-7-3-1-4-8-15)20-14-16-9-5-2-6-10-16;3-1(4)2(5)6/h1-10H,11-14,17H2;(H,3,4)(H,5,6). The first-order valence-corrected chi connectivity index (χ1v) is 9.71. The Bertz CT molecular complexity index is 693. The lowest BCUT2D eigenvalue weighted by atomic mass is 10.2. The highest BCUT2D eigenvalue weighted by molar-refractivity contribution is 7.53. The first kappa shape index (κ1) is 22.5. The van der Waals surface area contributed by atoms with Gasteiger partial charge in [-0.25, -0.2) is 9.59 Å². The average Bonchev–Trinajstić information content (AvgIpc) is 2.67. The number of benzene rings is 2. The number of carbonyl (C=O) groups is 2. The van der Waals surface area contributed by atoms with Crippen molar-refractivity contribution in [1.29, 1.82) is 0 Å². The molecule has 0 fully saturated rings. The highest BCUT2D eigenvalue weighted by Gasteiger charge is 2.23. The molecule has 0 aliphatic heterocycles. The van der Waals surface area contributed by atoms with Crippen molar-refractivity contribution in [3.8, 4) is 0 Å². The van der Waals surface area contributed by atoms with E-state index in [9.17, 15) is 4.57 Å². The molecule has 0 unspecified atom stereocenters. The van der Waals surface area contributed by atoms with Gasteiger partial charge in [0.1, 0.15) is 0 Å². The zero-order valence-corrected chi connectivity index (χ0v) is 15.5. The molecular formula is C18H22NO7P. The number of carboxylic acid groups (broad SMARTS) is 2. The summed E-state index contributed by atoms with van der Waals surface area (Å²) in [7, 11) is -3.18. The quantitative estimate of drug-likeness (QED) is 0.458. The van der Waals surface area contributed by atoms with Crippen LogP contribution < -0.4 is 5.73 Å². The van der Waals surface area contributed by atoms with Gasteiger partial charge in [0.25, 0.3) is 0 Å². The summed E-state index contributed by atoms with van der Waals surface area (Å²) in [5.41, 5.74) is 7.43. The van der Waals surface area contributed by atoms with Crippen LogP contribution >= 0.6 is 7.60 Å². The Morgan fingerprint density at radius 3 is 1.48 bits per heavy atom. The minimum absolute atomic E-state index is 0.215. The minimum atomic E-state index is -3.18. The number of hydrogen-bond acceptors (Lipinski definition) is 6. The Labute approximate surface area is 157 Å². The highest BCUT2D eigenvalue weighted by atomic mass is 31.2. The second-order valence-electron chi connectivity index (χ2n) is 5.25. The Hall–Kier alpha value is -2.51. The number of carboxylic acids is 2. The van der Waals surface area contributed by atoms with Crippen LogP contribution in [0, 0.1) is 0 Å². The maximum absolute atomic E-state index is 12.6. The van der Waals surface area contributed by atoms with Crippen molar-refractivity contribution in [2.75, 3.05) is 12.7 Å². The Kier molecular flexibility index (Phi) is 10.00. The molecule has 2 aromatic carbocycles. The zero-order chi connectivity index (χ0) is 20.1. The van der Waals surface area contributed by atoms with Crippen LogP contribution in [0.4, 0.5) is 0 Å². The van der Waals surface area contributed by atoms with Crippen LogP contribution in [0.5, 0.6) is 0 Å². The lowest BCUT2D eigenvalue weighted by Crippen LogP contribution is -2.09. The van der Waals surface area contributed by atoms with E-state index < -0.39 is 19.5 Å². The molecule has 0 heterocycles. The van der Waals surface area contributed by atoms with Crippen molar-refractivity contribution in [2.45, 2.75) is 13.2 Å². The first-order chi connectivity index (χ1) is 12.9. The molecule has 0 spiro atoms. The van der Waals surface area contributed by atoms with Crippen LogP contribution in [0.1, 0.15) is 11.1 Å². The lowest BCUT2D eigenvalue weighted by molar-refractivity contribution is -0.159. The summed E-state index contributed by atoms with van der Waals surface area (Å²) in [5.74, 6) is -3.65. The van der Waals surface area contributed by atoms with E-state index in [4.69, 9.17) is 34.6 Å². The molecule has 0 radical (unpaired) electrons. The van der Waals surface area contributed by atoms with Gasteiger partial charge in [0.2, 0.25) is 0 Å². The van der Waals surface area contributed by atoms with Crippen molar-refractivity contribution in [2.24, 2.45) is 5.73 Å². The van der Waals surface area contributed by atoms with Crippen LogP contribution in [-0.2, 0) is 36.4 Å². The van der Waals surface area contributed by atoms with Gasteiger partial charge in [-0.2, -0.15) is 0 Å².